The van der Waals surface area contributed by atoms with E-state index in [0.717, 1.165) is 6.54 Å². The summed E-state index contributed by atoms with van der Waals surface area (Å²) in [5, 5.41) is 10.9. The van der Waals surface area contributed by atoms with Gasteiger partial charge >= 0.3 is 0 Å². The van der Waals surface area contributed by atoms with Gasteiger partial charge in [0.2, 0.25) is 10.0 Å². The number of hydrogen-bond donors (Lipinski definition) is 1. The van der Waals surface area contributed by atoms with Gasteiger partial charge < -0.3 is 4.90 Å². The number of sulfonamides is 1. The number of nitrogens with zero attached hydrogens (tertiary/aromatic N) is 2. The van der Waals surface area contributed by atoms with Gasteiger partial charge in [-0.2, -0.15) is 0 Å². The fourth-order valence-corrected chi connectivity index (χ4v) is 3.58. The van der Waals surface area contributed by atoms with Gasteiger partial charge in [-0.15, -0.1) is 0 Å². The molecule has 1 atom stereocenters. The minimum absolute atomic E-state index is 0.199. The number of nitro benzene ring substituents is 1. The van der Waals surface area contributed by atoms with Gasteiger partial charge in [0.05, 0.1) is 4.92 Å². The Labute approximate surface area is 111 Å². The van der Waals surface area contributed by atoms with E-state index in [4.69, 9.17) is 0 Å². The van der Waals surface area contributed by atoms with Gasteiger partial charge in [-0.1, -0.05) is 12.1 Å². The van der Waals surface area contributed by atoms with E-state index in [-0.39, 0.29) is 10.9 Å². The lowest BCUT2D eigenvalue weighted by molar-refractivity contribution is -0.387. The van der Waals surface area contributed by atoms with Crippen molar-refractivity contribution in [3.05, 3.63) is 34.4 Å². The highest BCUT2D eigenvalue weighted by atomic mass is 32.2. The van der Waals surface area contributed by atoms with Crippen LogP contribution in [0.3, 0.4) is 0 Å². The summed E-state index contributed by atoms with van der Waals surface area (Å²) < 4.78 is 26.9. The summed E-state index contributed by atoms with van der Waals surface area (Å²) in [5.41, 5.74) is -0.402. The lowest BCUT2D eigenvalue weighted by Crippen LogP contribution is -2.36. The Morgan fingerprint density at radius 2 is 2.11 bits per heavy atom. The Morgan fingerprint density at radius 3 is 2.68 bits per heavy atom. The number of hydrogen-bond acceptors (Lipinski definition) is 5. The lowest BCUT2D eigenvalue weighted by atomic mass is 10.3. The normalized spacial score (nSPS) is 20.6. The number of likely N-dealkylation sites (tertiary alicyclic amines) is 1. The van der Waals surface area contributed by atoms with Crippen molar-refractivity contribution in [2.24, 2.45) is 0 Å². The van der Waals surface area contributed by atoms with Crippen molar-refractivity contribution in [1.82, 2.24) is 9.62 Å². The first-order valence-corrected chi connectivity index (χ1v) is 7.33. The summed E-state index contributed by atoms with van der Waals surface area (Å²) in [6.07, 6.45) is 0.705. The molecule has 0 amide bonds. The maximum atomic E-state index is 12.2. The summed E-state index contributed by atoms with van der Waals surface area (Å²) in [4.78, 5) is 11.9. The molecule has 1 fully saturated rings. The molecule has 0 radical (unpaired) electrons. The molecule has 0 aliphatic carbocycles. The van der Waals surface area contributed by atoms with Gasteiger partial charge in [-0.25, -0.2) is 13.1 Å². The Morgan fingerprint density at radius 1 is 1.42 bits per heavy atom. The van der Waals surface area contributed by atoms with Crippen molar-refractivity contribution < 1.29 is 13.3 Å². The Balaban J connectivity index is 2.27. The molecule has 1 aromatic rings. The zero-order valence-corrected chi connectivity index (χ0v) is 11.3. The van der Waals surface area contributed by atoms with Crippen LogP contribution in [0.1, 0.15) is 6.42 Å². The Kier molecular flexibility index (Phi) is 3.83. The van der Waals surface area contributed by atoms with Crippen molar-refractivity contribution in [3.63, 3.8) is 0 Å². The third-order valence-electron chi connectivity index (χ3n) is 3.06. The van der Waals surface area contributed by atoms with Crippen LogP contribution in [0.2, 0.25) is 0 Å². The zero-order chi connectivity index (χ0) is 14.0. The first-order valence-electron chi connectivity index (χ1n) is 5.84. The van der Waals surface area contributed by atoms with Crippen molar-refractivity contribution in [2.75, 3.05) is 20.1 Å². The molecule has 0 aromatic heterocycles. The van der Waals surface area contributed by atoms with Gasteiger partial charge in [0, 0.05) is 18.7 Å². The van der Waals surface area contributed by atoms with Gasteiger partial charge in [0.15, 0.2) is 4.90 Å². The highest BCUT2D eigenvalue weighted by molar-refractivity contribution is 7.89. The molecule has 0 spiro atoms. The minimum Gasteiger partial charge on any atom is -0.305 e. The molecule has 104 valence electrons. The predicted octanol–water partition coefficient (Wildman–Crippen LogP) is 0.577. The van der Waals surface area contributed by atoms with Gasteiger partial charge in [0.25, 0.3) is 5.69 Å². The first kappa shape index (κ1) is 13.9. The molecule has 19 heavy (non-hydrogen) atoms. The number of rotatable bonds is 4. The van der Waals surface area contributed by atoms with E-state index in [1.165, 1.54) is 24.3 Å². The molecule has 1 aromatic carbocycles. The first-order chi connectivity index (χ1) is 8.90. The number of benzene rings is 1. The summed E-state index contributed by atoms with van der Waals surface area (Å²) in [7, 11) is -1.96. The molecular weight excluding hydrogens is 270 g/mol. The molecule has 1 unspecified atom stereocenters. The van der Waals surface area contributed by atoms with E-state index in [1.807, 2.05) is 11.9 Å². The molecule has 7 nitrogen and oxygen atoms in total. The van der Waals surface area contributed by atoms with E-state index < -0.39 is 20.6 Å². The standard InChI is InChI=1S/C11H15N3O4S/c1-13-7-6-9(8-13)12-19(17,18)11-5-3-2-4-10(11)14(15)16/h2-5,9,12H,6-8H2,1H3. The largest absolute Gasteiger partial charge is 0.305 e. The summed E-state index contributed by atoms with van der Waals surface area (Å²) in [6.45, 7) is 1.42. The summed E-state index contributed by atoms with van der Waals surface area (Å²) >= 11 is 0. The summed E-state index contributed by atoms with van der Waals surface area (Å²) in [6, 6.07) is 5.16. The number of nitrogens with one attached hydrogen (secondary N) is 1. The average molecular weight is 285 g/mol. The Hall–Kier alpha value is -1.51. The summed E-state index contributed by atoms with van der Waals surface area (Å²) in [5.74, 6) is 0. The smallest absolute Gasteiger partial charge is 0.289 e. The highest BCUT2D eigenvalue weighted by Gasteiger charge is 2.29. The monoisotopic (exact) mass is 285 g/mol. The zero-order valence-electron chi connectivity index (χ0n) is 10.4. The van der Waals surface area contributed by atoms with Crippen molar-refractivity contribution in [3.8, 4) is 0 Å². The van der Waals surface area contributed by atoms with Gasteiger partial charge in [-0.05, 0) is 26.1 Å². The van der Waals surface area contributed by atoms with Crippen molar-refractivity contribution in [2.45, 2.75) is 17.4 Å². The van der Waals surface area contributed by atoms with E-state index in [0.29, 0.717) is 13.0 Å². The van der Waals surface area contributed by atoms with Gasteiger partial charge in [-0.3, -0.25) is 10.1 Å². The van der Waals surface area contributed by atoms with Crippen LogP contribution in [0.15, 0.2) is 29.2 Å². The second-order valence-electron chi connectivity index (χ2n) is 4.59. The second-order valence-corrected chi connectivity index (χ2v) is 6.28. The van der Waals surface area contributed by atoms with Crippen molar-refractivity contribution in [1.29, 1.82) is 0 Å². The topological polar surface area (TPSA) is 92.6 Å². The van der Waals surface area contributed by atoms with Crippen LogP contribution < -0.4 is 4.72 Å². The molecule has 8 heteroatoms. The van der Waals surface area contributed by atoms with Crippen LogP contribution in [0.25, 0.3) is 0 Å². The van der Waals surface area contributed by atoms with E-state index in [9.17, 15) is 18.5 Å². The van der Waals surface area contributed by atoms with E-state index >= 15 is 0 Å². The second kappa shape index (κ2) is 5.24. The molecule has 2 rings (SSSR count). The van der Waals surface area contributed by atoms with E-state index in [2.05, 4.69) is 4.72 Å². The molecule has 1 saturated heterocycles. The highest BCUT2D eigenvalue weighted by Crippen LogP contribution is 2.23. The lowest BCUT2D eigenvalue weighted by Gasteiger charge is -2.13. The van der Waals surface area contributed by atoms with Crippen LogP contribution in [0.5, 0.6) is 0 Å². The predicted molar refractivity (Wildman–Crippen MR) is 69.3 cm³/mol. The molecule has 1 aliphatic heterocycles. The van der Waals surface area contributed by atoms with Gasteiger partial charge in [0.1, 0.15) is 0 Å². The Bertz CT molecular complexity index is 587. The average Bonchev–Trinajstić information content (AvgIpc) is 2.74. The third kappa shape index (κ3) is 3.09. The molecule has 1 N–H and O–H groups in total. The van der Waals surface area contributed by atoms with Crippen LogP contribution >= 0.6 is 0 Å². The maximum Gasteiger partial charge on any atom is 0.289 e. The van der Waals surface area contributed by atoms with Crippen molar-refractivity contribution >= 4 is 15.7 Å². The fourth-order valence-electron chi connectivity index (χ4n) is 2.15. The number of para-hydroxylation sites is 1. The number of likely N-dealkylation sites (N-methyl/N-ethyl adjacent to an activating group) is 1. The fraction of sp³-hybridized carbons (Fsp3) is 0.455. The van der Waals surface area contributed by atoms with Crippen LogP contribution in [0, 0.1) is 10.1 Å². The SMILES string of the molecule is CN1CCC(NS(=O)(=O)c2ccccc2[N+](=O)[O-])C1. The molecule has 0 bridgehead atoms. The number of nitro groups is 1. The quantitative estimate of drug-likeness (QED) is 0.645. The van der Waals surface area contributed by atoms with Crippen LogP contribution in [-0.2, 0) is 10.0 Å². The van der Waals surface area contributed by atoms with Crippen LogP contribution in [-0.4, -0.2) is 44.4 Å². The molecule has 1 heterocycles. The van der Waals surface area contributed by atoms with Crippen LogP contribution in [0.4, 0.5) is 5.69 Å². The maximum absolute atomic E-state index is 12.2. The molecular formula is C11H15N3O4S. The minimum atomic E-state index is -3.86. The third-order valence-corrected chi connectivity index (χ3v) is 4.63. The molecule has 0 saturated carbocycles. The van der Waals surface area contributed by atoms with E-state index in [1.54, 1.807) is 0 Å². The molecule has 1 aliphatic rings.